The van der Waals surface area contributed by atoms with Crippen molar-refractivity contribution in [2.24, 2.45) is 17.6 Å². The molecule has 17 heavy (non-hydrogen) atoms. The minimum atomic E-state index is -0.247. The molecule has 0 fully saturated rings. The van der Waals surface area contributed by atoms with Gasteiger partial charge in [0.2, 0.25) is 5.91 Å². The normalized spacial score (nSPS) is 14.4. The predicted octanol–water partition coefficient (Wildman–Crippen LogP) is 2.09. The number of hydrogen-bond acceptors (Lipinski definition) is 2. The first-order valence-corrected chi connectivity index (χ1v) is 6.10. The third-order valence-electron chi connectivity index (χ3n) is 2.82. The molecule has 3 nitrogen and oxygen atoms in total. The van der Waals surface area contributed by atoms with E-state index in [0.29, 0.717) is 12.5 Å². The average molecular weight is 234 g/mol. The van der Waals surface area contributed by atoms with Crippen molar-refractivity contribution in [2.75, 3.05) is 6.54 Å². The molecule has 3 heteroatoms. The molecule has 0 aromatic heterocycles. The van der Waals surface area contributed by atoms with Crippen molar-refractivity contribution < 1.29 is 4.79 Å². The first-order chi connectivity index (χ1) is 8.02. The van der Waals surface area contributed by atoms with Crippen molar-refractivity contribution in [3.8, 4) is 0 Å². The highest BCUT2D eigenvalue weighted by atomic mass is 16.1. The predicted molar refractivity (Wildman–Crippen MR) is 70.4 cm³/mol. The third-order valence-corrected chi connectivity index (χ3v) is 2.82. The fraction of sp³-hybridized carbons (Fsp3) is 0.500. The minimum absolute atomic E-state index is 0.0232. The monoisotopic (exact) mass is 234 g/mol. The molecule has 0 aliphatic carbocycles. The van der Waals surface area contributed by atoms with E-state index in [1.54, 1.807) is 0 Å². The number of carbonyl (C=O) groups is 1. The van der Waals surface area contributed by atoms with Crippen LogP contribution < -0.4 is 11.1 Å². The maximum absolute atomic E-state index is 11.9. The smallest absolute Gasteiger partial charge is 0.224 e. The number of nitrogens with one attached hydrogen (secondary N) is 1. The lowest BCUT2D eigenvalue weighted by molar-refractivity contribution is -0.125. The van der Waals surface area contributed by atoms with Gasteiger partial charge >= 0.3 is 0 Å². The molecule has 1 rings (SSSR count). The largest absolute Gasteiger partial charge is 0.356 e. The van der Waals surface area contributed by atoms with E-state index < -0.39 is 0 Å². The zero-order valence-electron chi connectivity index (χ0n) is 10.8. The lowest BCUT2D eigenvalue weighted by atomic mass is 9.94. The average Bonchev–Trinajstić information content (AvgIpc) is 2.35. The van der Waals surface area contributed by atoms with Crippen LogP contribution in [0.4, 0.5) is 0 Å². The van der Waals surface area contributed by atoms with Crippen LogP contribution in [0.15, 0.2) is 30.3 Å². The van der Waals surface area contributed by atoms with Crippen molar-refractivity contribution in [2.45, 2.75) is 26.8 Å². The van der Waals surface area contributed by atoms with E-state index in [0.717, 1.165) is 5.56 Å². The second-order valence-corrected chi connectivity index (χ2v) is 4.86. The summed E-state index contributed by atoms with van der Waals surface area (Å²) in [6, 6.07) is 9.48. The quantitative estimate of drug-likeness (QED) is 0.819. The Morgan fingerprint density at radius 2 is 1.82 bits per heavy atom. The summed E-state index contributed by atoms with van der Waals surface area (Å²) in [5, 5.41) is 2.91. The van der Waals surface area contributed by atoms with Gasteiger partial charge in [0.1, 0.15) is 0 Å². The van der Waals surface area contributed by atoms with Gasteiger partial charge in [0.15, 0.2) is 0 Å². The molecule has 0 aliphatic rings. The van der Waals surface area contributed by atoms with Gasteiger partial charge in [-0.25, -0.2) is 0 Å². The molecule has 1 amide bonds. The fourth-order valence-electron chi connectivity index (χ4n) is 1.59. The molecule has 1 aromatic carbocycles. The highest BCUT2D eigenvalue weighted by Gasteiger charge is 2.21. The molecular formula is C14H22N2O. The molecular weight excluding hydrogens is 212 g/mol. The Labute approximate surface area is 103 Å². The second-order valence-electron chi connectivity index (χ2n) is 4.86. The first kappa shape index (κ1) is 13.7. The lowest BCUT2D eigenvalue weighted by Gasteiger charge is -2.20. The van der Waals surface area contributed by atoms with Crippen molar-refractivity contribution in [3.05, 3.63) is 35.9 Å². The second kappa shape index (κ2) is 6.40. The van der Waals surface area contributed by atoms with Gasteiger partial charge in [0.25, 0.3) is 0 Å². The highest BCUT2D eigenvalue weighted by Crippen LogP contribution is 2.18. The minimum Gasteiger partial charge on any atom is -0.356 e. The summed E-state index contributed by atoms with van der Waals surface area (Å²) in [7, 11) is 0. The van der Waals surface area contributed by atoms with Crippen LogP contribution >= 0.6 is 0 Å². The Balaban J connectivity index is 2.57. The number of hydrogen-bond donors (Lipinski definition) is 2. The van der Waals surface area contributed by atoms with Crippen molar-refractivity contribution in [1.82, 2.24) is 5.32 Å². The molecule has 2 atom stereocenters. The van der Waals surface area contributed by atoms with E-state index >= 15 is 0 Å². The van der Waals surface area contributed by atoms with E-state index in [-0.39, 0.29) is 17.9 Å². The van der Waals surface area contributed by atoms with Gasteiger partial charge in [-0.15, -0.1) is 0 Å². The molecule has 3 N–H and O–H groups in total. The molecule has 94 valence electrons. The Morgan fingerprint density at radius 1 is 1.24 bits per heavy atom. The maximum Gasteiger partial charge on any atom is 0.224 e. The summed E-state index contributed by atoms with van der Waals surface area (Å²) in [6.45, 7) is 6.71. The van der Waals surface area contributed by atoms with Crippen LogP contribution in [0.2, 0.25) is 0 Å². The van der Waals surface area contributed by atoms with E-state index in [9.17, 15) is 4.79 Å². The Bertz CT molecular complexity index is 348. The zero-order chi connectivity index (χ0) is 12.8. The Morgan fingerprint density at radius 3 is 2.35 bits per heavy atom. The molecule has 0 bridgehead atoms. The van der Waals surface area contributed by atoms with Gasteiger partial charge in [-0.2, -0.15) is 0 Å². The number of benzene rings is 1. The van der Waals surface area contributed by atoms with Crippen LogP contribution in [0.25, 0.3) is 0 Å². The van der Waals surface area contributed by atoms with E-state index in [1.165, 1.54) is 0 Å². The van der Waals surface area contributed by atoms with Crippen molar-refractivity contribution in [3.63, 3.8) is 0 Å². The summed E-state index contributed by atoms with van der Waals surface area (Å²) < 4.78 is 0. The first-order valence-electron chi connectivity index (χ1n) is 6.10. The van der Waals surface area contributed by atoms with E-state index in [1.807, 2.05) is 37.3 Å². The molecule has 0 spiro atoms. The Kier molecular flexibility index (Phi) is 5.16. The molecule has 0 radical (unpaired) electrons. The van der Waals surface area contributed by atoms with Gasteiger partial charge in [-0.1, -0.05) is 51.1 Å². The molecule has 0 aliphatic heterocycles. The number of nitrogens with two attached hydrogens (primary N) is 1. The molecule has 0 saturated heterocycles. The van der Waals surface area contributed by atoms with E-state index in [4.69, 9.17) is 5.73 Å². The highest BCUT2D eigenvalue weighted by molar-refractivity contribution is 5.79. The summed E-state index contributed by atoms with van der Waals surface area (Å²) >= 11 is 0. The van der Waals surface area contributed by atoms with Gasteiger partial charge in [0.05, 0.1) is 5.92 Å². The van der Waals surface area contributed by atoms with Crippen LogP contribution in [0, 0.1) is 11.8 Å². The zero-order valence-corrected chi connectivity index (χ0v) is 10.8. The van der Waals surface area contributed by atoms with Gasteiger partial charge in [-0.05, 0) is 11.5 Å². The molecule has 0 saturated carbocycles. The van der Waals surface area contributed by atoms with Gasteiger partial charge in [0, 0.05) is 12.6 Å². The lowest BCUT2D eigenvalue weighted by Crippen LogP contribution is -2.37. The standard InChI is InChI=1S/C14H22N2O/c1-10(2)9-16-14(17)11(3)13(15)12-7-5-4-6-8-12/h4-8,10-11,13H,9,15H2,1-3H3,(H,16,17). The van der Waals surface area contributed by atoms with Crippen LogP contribution in [0.1, 0.15) is 32.4 Å². The Hall–Kier alpha value is -1.35. The van der Waals surface area contributed by atoms with E-state index in [2.05, 4.69) is 19.2 Å². The van der Waals surface area contributed by atoms with Crippen LogP contribution in [0.5, 0.6) is 0 Å². The molecule has 1 aromatic rings. The number of amides is 1. The van der Waals surface area contributed by atoms with Crippen LogP contribution in [-0.4, -0.2) is 12.5 Å². The summed E-state index contributed by atoms with van der Waals surface area (Å²) in [5.41, 5.74) is 7.08. The van der Waals surface area contributed by atoms with Crippen LogP contribution in [0.3, 0.4) is 0 Å². The molecule has 2 unspecified atom stereocenters. The summed E-state index contributed by atoms with van der Waals surface area (Å²) in [4.78, 5) is 11.9. The van der Waals surface area contributed by atoms with Gasteiger partial charge in [-0.3, -0.25) is 4.79 Å². The van der Waals surface area contributed by atoms with Crippen molar-refractivity contribution >= 4 is 5.91 Å². The fourth-order valence-corrected chi connectivity index (χ4v) is 1.59. The van der Waals surface area contributed by atoms with Gasteiger partial charge < -0.3 is 11.1 Å². The number of rotatable bonds is 5. The topological polar surface area (TPSA) is 55.1 Å². The SMILES string of the molecule is CC(C)CNC(=O)C(C)C(N)c1ccccc1. The van der Waals surface area contributed by atoms with Crippen LogP contribution in [-0.2, 0) is 4.79 Å². The summed E-state index contributed by atoms with van der Waals surface area (Å²) in [5.74, 6) is 0.269. The third kappa shape index (κ3) is 4.19. The maximum atomic E-state index is 11.9. The molecule has 0 heterocycles. The number of carbonyl (C=O) groups excluding carboxylic acids is 1. The van der Waals surface area contributed by atoms with Crippen molar-refractivity contribution in [1.29, 1.82) is 0 Å². The summed E-state index contributed by atoms with van der Waals surface area (Å²) in [6.07, 6.45) is 0.